The number of aryl methyl sites for hydroxylation is 1. The van der Waals surface area contributed by atoms with Crippen molar-refractivity contribution in [1.82, 2.24) is 10.2 Å². The SMILES string of the molecule is Cc1cc(OC(F)F)c(C(=O)N2CCNC(C)(C)C2)s1. The zero-order valence-corrected chi connectivity index (χ0v) is 12.5. The summed E-state index contributed by atoms with van der Waals surface area (Å²) in [6.45, 7) is 4.64. The van der Waals surface area contributed by atoms with Gasteiger partial charge in [0.15, 0.2) is 0 Å². The fraction of sp³-hybridized carbons (Fsp3) is 0.615. The zero-order chi connectivity index (χ0) is 14.9. The number of thiophene rings is 1. The van der Waals surface area contributed by atoms with Crippen LogP contribution in [0.15, 0.2) is 6.07 Å². The summed E-state index contributed by atoms with van der Waals surface area (Å²) >= 11 is 1.19. The third-order valence-electron chi connectivity index (χ3n) is 3.09. The van der Waals surface area contributed by atoms with Crippen LogP contribution in [0.5, 0.6) is 5.75 Å². The number of nitrogens with one attached hydrogen (secondary N) is 1. The molecule has 0 aromatic carbocycles. The lowest BCUT2D eigenvalue weighted by atomic mass is 10.0. The van der Waals surface area contributed by atoms with Gasteiger partial charge in [-0.1, -0.05) is 0 Å². The minimum Gasteiger partial charge on any atom is -0.433 e. The fourth-order valence-corrected chi connectivity index (χ4v) is 3.19. The molecule has 0 spiro atoms. The molecule has 1 N–H and O–H groups in total. The van der Waals surface area contributed by atoms with Gasteiger partial charge in [-0.2, -0.15) is 8.78 Å². The van der Waals surface area contributed by atoms with Gasteiger partial charge in [-0.05, 0) is 26.8 Å². The Morgan fingerprint density at radius 3 is 2.85 bits per heavy atom. The van der Waals surface area contributed by atoms with Crippen molar-refractivity contribution in [3.05, 3.63) is 15.8 Å². The Hall–Kier alpha value is -1.21. The number of amides is 1. The summed E-state index contributed by atoms with van der Waals surface area (Å²) in [5.74, 6) is -0.267. The smallest absolute Gasteiger partial charge is 0.387 e. The van der Waals surface area contributed by atoms with Crippen LogP contribution in [-0.4, -0.2) is 42.6 Å². The summed E-state index contributed by atoms with van der Waals surface area (Å²) in [6, 6.07) is 1.48. The van der Waals surface area contributed by atoms with E-state index in [0.717, 1.165) is 4.88 Å². The van der Waals surface area contributed by atoms with Gasteiger partial charge in [0.1, 0.15) is 10.6 Å². The molecule has 0 unspecified atom stereocenters. The summed E-state index contributed by atoms with van der Waals surface area (Å²) < 4.78 is 29.2. The normalized spacial score (nSPS) is 18.4. The van der Waals surface area contributed by atoms with E-state index in [1.807, 2.05) is 13.8 Å². The highest BCUT2D eigenvalue weighted by molar-refractivity contribution is 7.14. The van der Waals surface area contributed by atoms with Crippen molar-refractivity contribution in [3.63, 3.8) is 0 Å². The largest absolute Gasteiger partial charge is 0.433 e. The van der Waals surface area contributed by atoms with Gasteiger partial charge in [0, 0.05) is 30.1 Å². The first-order chi connectivity index (χ1) is 9.28. The van der Waals surface area contributed by atoms with Gasteiger partial charge in [0.2, 0.25) is 0 Å². The van der Waals surface area contributed by atoms with Crippen molar-refractivity contribution in [2.45, 2.75) is 32.9 Å². The second-order valence-corrected chi connectivity index (χ2v) is 6.72. The third kappa shape index (κ3) is 3.46. The van der Waals surface area contributed by atoms with Crippen LogP contribution in [0.1, 0.15) is 28.4 Å². The van der Waals surface area contributed by atoms with Gasteiger partial charge >= 0.3 is 6.61 Å². The quantitative estimate of drug-likeness (QED) is 0.933. The average molecular weight is 304 g/mol. The number of ether oxygens (including phenoxy) is 1. The van der Waals surface area contributed by atoms with Gasteiger partial charge < -0.3 is 15.0 Å². The lowest BCUT2D eigenvalue weighted by Gasteiger charge is -2.39. The molecule has 20 heavy (non-hydrogen) atoms. The maximum atomic E-state index is 12.5. The molecule has 1 aliphatic rings. The molecule has 0 saturated carbocycles. The van der Waals surface area contributed by atoms with Crippen LogP contribution in [0.4, 0.5) is 8.78 Å². The third-order valence-corrected chi connectivity index (χ3v) is 4.11. The van der Waals surface area contributed by atoms with E-state index in [2.05, 4.69) is 10.1 Å². The second kappa shape index (κ2) is 5.65. The standard InChI is InChI=1S/C13H18F2N2O2S/c1-8-6-9(19-12(14)15)10(20-8)11(18)17-5-4-16-13(2,3)7-17/h6,12,16H,4-5,7H2,1-3H3. The van der Waals surface area contributed by atoms with E-state index in [1.165, 1.54) is 17.4 Å². The molecule has 0 atom stereocenters. The zero-order valence-electron chi connectivity index (χ0n) is 11.7. The van der Waals surface area contributed by atoms with E-state index in [4.69, 9.17) is 0 Å². The maximum absolute atomic E-state index is 12.5. The Morgan fingerprint density at radius 2 is 2.25 bits per heavy atom. The van der Waals surface area contributed by atoms with E-state index in [9.17, 15) is 13.6 Å². The summed E-state index contributed by atoms with van der Waals surface area (Å²) in [5.41, 5.74) is -0.177. The molecular formula is C13H18F2N2O2S. The van der Waals surface area contributed by atoms with Crippen molar-refractivity contribution in [3.8, 4) is 5.75 Å². The highest BCUT2D eigenvalue weighted by atomic mass is 32.1. The Kier molecular flexibility index (Phi) is 4.29. The number of carbonyl (C=O) groups is 1. The molecule has 1 fully saturated rings. The van der Waals surface area contributed by atoms with Crippen LogP contribution in [0, 0.1) is 6.92 Å². The Balaban J connectivity index is 2.20. The minimum atomic E-state index is -2.92. The van der Waals surface area contributed by atoms with E-state index >= 15 is 0 Å². The van der Waals surface area contributed by atoms with Crippen molar-refractivity contribution >= 4 is 17.2 Å². The van der Waals surface area contributed by atoms with Crippen molar-refractivity contribution < 1.29 is 18.3 Å². The molecule has 112 valence electrons. The van der Waals surface area contributed by atoms with Crippen LogP contribution in [-0.2, 0) is 0 Å². The summed E-state index contributed by atoms with van der Waals surface area (Å²) in [4.78, 5) is 15.2. The van der Waals surface area contributed by atoms with Crippen LogP contribution < -0.4 is 10.1 Å². The Labute approximate surface area is 120 Å². The molecule has 7 heteroatoms. The first kappa shape index (κ1) is 15.2. The second-order valence-electron chi connectivity index (χ2n) is 5.47. The molecular weight excluding hydrogens is 286 g/mol. The number of rotatable bonds is 3. The first-order valence-corrected chi connectivity index (χ1v) is 7.20. The van der Waals surface area contributed by atoms with Crippen LogP contribution >= 0.6 is 11.3 Å². The molecule has 1 saturated heterocycles. The predicted molar refractivity (Wildman–Crippen MR) is 73.7 cm³/mol. The number of hydrogen-bond acceptors (Lipinski definition) is 4. The number of hydrogen-bond donors (Lipinski definition) is 1. The van der Waals surface area contributed by atoms with Gasteiger partial charge in [0.25, 0.3) is 5.91 Å². The molecule has 1 aromatic rings. The summed E-state index contributed by atoms with van der Waals surface area (Å²) in [6.07, 6.45) is 0. The van der Waals surface area contributed by atoms with Crippen LogP contribution in [0.2, 0.25) is 0 Å². The van der Waals surface area contributed by atoms with Crippen molar-refractivity contribution in [2.75, 3.05) is 19.6 Å². The average Bonchev–Trinajstić information content (AvgIpc) is 2.67. The van der Waals surface area contributed by atoms with Gasteiger partial charge in [0.05, 0.1) is 0 Å². The molecule has 0 bridgehead atoms. The topological polar surface area (TPSA) is 41.6 Å². The minimum absolute atomic E-state index is 0.0242. The highest BCUT2D eigenvalue weighted by Crippen LogP contribution is 2.32. The lowest BCUT2D eigenvalue weighted by Crippen LogP contribution is -2.58. The molecule has 2 heterocycles. The summed E-state index contributed by atoms with van der Waals surface area (Å²) in [7, 11) is 0. The fourth-order valence-electron chi connectivity index (χ4n) is 2.28. The number of nitrogens with zero attached hydrogens (tertiary/aromatic N) is 1. The number of alkyl halides is 2. The molecule has 0 radical (unpaired) electrons. The van der Waals surface area contributed by atoms with Gasteiger partial charge in [-0.15, -0.1) is 11.3 Å². The lowest BCUT2D eigenvalue weighted by molar-refractivity contribution is -0.0500. The highest BCUT2D eigenvalue weighted by Gasteiger charge is 2.31. The van der Waals surface area contributed by atoms with E-state index in [-0.39, 0.29) is 22.1 Å². The van der Waals surface area contributed by atoms with Gasteiger partial charge in [-0.3, -0.25) is 4.79 Å². The molecule has 1 amide bonds. The van der Waals surface area contributed by atoms with Gasteiger partial charge in [-0.25, -0.2) is 0 Å². The maximum Gasteiger partial charge on any atom is 0.387 e. The Bertz CT molecular complexity index is 503. The van der Waals surface area contributed by atoms with E-state index in [0.29, 0.717) is 19.6 Å². The molecule has 1 aliphatic heterocycles. The number of halogens is 2. The number of piperazine rings is 1. The molecule has 0 aliphatic carbocycles. The Morgan fingerprint density at radius 1 is 1.55 bits per heavy atom. The van der Waals surface area contributed by atoms with Crippen molar-refractivity contribution in [1.29, 1.82) is 0 Å². The first-order valence-electron chi connectivity index (χ1n) is 6.38. The van der Waals surface area contributed by atoms with Crippen molar-refractivity contribution in [2.24, 2.45) is 0 Å². The van der Waals surface area contributed by atoms with Crippen LogP contribution in [0.25, 0.3) is 0 Å². The predicted octanol–water partition coefficient (Wildman–Crippen LogP) is 2.48. The van der Waals surface area contributed by atoms with Crippen LogP contribution in [0.3, 0.4) is 0 Å². The van der Waals surface area contributed by atoms with E-state index in [1.54, 1.807) is 11.8 Å². The number of carbonyl (C=O) groups excluding carboxylic acids is 1. The molecule has 1 aromatic heterocycles. The van der Waals surface area contributed by atoms with E-state index < -0.39 is 6.61 Å². The summed E-state index contributed by atoms with van der Waals surface area (Å²) in [5, 5.41) is 3.30. The monoisotopic (exact) mass is 304 g/mol. The molecule has 4 nitrogen and oxygen atoms in total. The molecule has 2 rings (SSSR count).